The molecule has 144 valence electrons. The summed E-state index contributed by atoms with van der Waals surface area (Å²) in [6.07, 6.45) is 1.73. The Morgan fingerprint density at radius 3 is 2.57 bits per heavy atom. The number of nitrogens with zero attached hydrogens (tertiary/aromatic N) is 2. The Bertz CT molecular complexity index is 956. The SMILES string of the molecule is O=C1N=C(N2CCOCC2)SC1=Cc1ccc(Oc2ccc(F)cc2)cc1Cl. The number of benzene rings is 2. The van der Waals surface area contributed by atoms with Gasteiger partial charge in [-0.15, -0.1) is 0 Å². The van der Waals surface area contributed by atoms with Gasteiger partial charge in [-0.1, -0.05) is 11.6 Å². The van der Waals surface area contributed by atoms with E-state index < -0.39 is 0 Å². The minimum Gasteiger partial charge on any atom is -0.457 e. The molecular formula is C20H16ClFN2O3S. The van der Waals surface area contributed by atoms with Crippen LogP contribution in [0.15, 0.2) is 52.4 Å². The molecule has 0 aromatic heterocycles. The van der Waals surface area contributed by atoms with Crippen LogP contribution in [-0.2, 0) is 9.53 Å². The molecule has 0 radical (unpaired) electrons. The van der Waals surface area contributed by atoms with Gasteiger partial charge in [-0.05, 0) is 65.9 Å². The van der Waals surface area contributed by atoms with Gasteiger partial charge in [0.1, 0.15) is 17.3 Å². The number of amidine groups is 1. The molecule has 4 rings (SSSR count). The molecule has 0 aliphatic carbocycles. The monoisotopic (exact) mass is 418 g/mol. The van der Waals surface area contributed by atoms with E-state index in [9.17, 15) is 9.18 Å². The van der Waals surface area contributed by atoms with Crippen molar-refractivity contribution in [2.45, 2.75) is 0 Å². The lowest BCUT2D eigenvalue weighted by Crippen LogP contribution is -2.38. The smallest absolute Gasteiger partial charge is 0.286 e. The third-order valence-corrected chi connectivity index (χ3v) is 5.57. The van der Waals surface area contributed by atoms with Gasteiger partial charge >= 0.3 is 0 Å². The van der Waals surface area contributed by atoms with E-state index in [-0.39, 0.29) is 11.7 Å². The fourth-order valence-electron chi connectivity index (χ4n) is 2.76. The number of aliphatic imine (C=N–C) groups is 1. The maximum absolute atomic E-state index is 13.0. The van der Waals surface area contributed by atoms with Gasteiger partial charge in [0.25, 0.3) is 5.91 Å². The Kier molecular flexibility index (Phi) is 5.66. The second kappa shape index (κ2) is 8.34. The number of morpholine rings is 1. The van der Waals surface area contributed by atoms with Crippen molar-refractivity contribution in [3.63, 3.8) is 0 Å². The summed E-state index contributed by atoms with van der Waals surface area (Å²) in [4.78, 5) is 19.0. The van der Waals surface area contributed by atoms with Gasteiger partial charge < -0.3 is 14.4 Å². The Morgan fingerprint density at radius 2 is 1.86 bits per heavy atom. The molecule has 0 saturated carbocycles. The van der Waals surface area contributed by atoms with Crippen molar-refractivity contribution in [3.8, 4) is 11.5 Å². The number of halogens is 2. The summed E-state index contributed by atoms with van der Waals surface area (Å²) in [6.45, 7) is 2.72. The fraction of sp³-hybridized carbons (Fsp3) is 0.200. The number of carbonyl (C=O) groups excluding carboxylic acids is 1. The zero-order chi connectivity index (χ0) is 19.5. The summed E-state index contributed by atoms with van der Waals surface area (Å²) >= 11 is 7.71. The number of hydrogen-bond donors (Lipinski definition) is 0. The zero-order valence-corrected chi connectivity index (χ0v) is 16.3. The summed E-state index contributed by atoms with van der Waals surface area (Å²) in [6, 6.07) is 10.9. The zero-order valence-electron chi connectivity index (χ0n) is 14.7. The van der Waals surface area contributed by atoms with Crippen LogP contribution in [-0.4, -0.2) is 42.3 Å². The van der Waals surface area contributed by atoms with E-state index in [1.54, 1.807) is 24.3 Å². The minimum absolute atomic E-state index is 0.269. The average molecular weight is 419 g/mol. The molecule has 8 heteroatoms. The second-order valence-electron chi connectivity index (χ2n) is 6.15. The predicted molar refractivity (Wildman–Crippen MR) is 108 cm³/mol. The molecule has 1 saturated heterocycles. The second-order valence-corrected chi connectivity index (χ2v) is 7.57. The Hall–Kier alpha value is -2.35. The van der Waals surface area contributed by atoms with Crippen LogP contribution in [0.25, 0.3) is 6.08 Å². The largest absolute Gasteiger partial charge is 0.457 e. The lowest BCUT2D eigenvalue weighted by Gasteiger charge is -2.27. The predicted octanol–water partition coefficient (Wildman–Crippen LogP) is 4.57. The highest BCUT2D eigenvalue weighted by atomic mass is 35.5. The van der Waals surface area contributed by atoms with Gasteiger partial charge in [-0.2, -0.15) is 4.99 Å². The number of hydrogen-bond acceptors (Lipinski definition) is 5. The van der Waals surface area contributed by atoms with Crippen LogP contribution < -0.4 is 4.74 Å². The summed E-state index contributed by atoms with van der Waals surface area (Å²) < 4.78 is 24.0. The summed E-state index contributed by atoms with van der Waals surface area (Å²) in [7, 11) is 0. The van der Waals surface area contributed by atoms with Crippen molar-refractivity contribution < 1.29 is 18.7 Å². The molecule has 0 unspecified atom stereocenters. The van der Waals surface area contributed by atoms with E-state index >= 15 is 0 Å². The molecule has 2 heterocycles. The number of rotatable bonds is 3. The highest BCUT2D eigenvalue weighted by Gasteiger charge is 2.27. The van der Waals surface area contributed by atoms with Crippen molar-refractivity contribution in [2.75, 3.05) is 26.3 Å². The average Bonchev–Trinajstić information content (AvgIpc) is 3.07. The van der Waals surface area contributed by atoms with Crippen LogP contribution in [0.3, 0.4) is 0 Å². The first-order chi connectivity index (χ1) is 13.6. The highest BCUT2D eigenvalue weighted by Crippen LogP contribution is 2.33. The lowest BCUT2D eigenvalue weighted by atomic mass is 10.2. The van der Waals surface area contributed by atoms with Crippen LogP contribution in [0.1, 0.15) is 5.56 Å². The molecule has 2 aromatic rings. The van der Waals surface area contributed by atoms with Crippen molar-refractivity contribution in [1.82, 2.24) is 4.90 Å². The molecule has 2 aliphatic rings. The van der Waals surface area contributed by atoms with Crippen LogP contribution in [0.5, 0.6) is 11.5 Å². The van der Waals surface area contributed by atoms with Crippen LogP contribution >= 0.6 is 23.4 Å². The number of carbonyl (C=O) groups is 1. The van der Waals surface area contributed by atoms with E-state index in [0.717, 1.165) is 13.1 Å². The fourth-order valence-corrected chi connectivity index (χ4v) is 3.94. The quantitative estimate of drug-likeness (QED) is 0.683. The third-order valence-electron chi connectivity index (χ3n) is 4.20. The molecule has 5 nitrogen and oxygen atoms in total. The lowest BCUT2D eigenvalue weighted by molar-refractivity contribution is -0.113. The van der Waals surface area contributed by atoms with Crippen molar-refractivity contribution >= 4 is 40.5 Å². The van der Waals surface area contributed by atoms with E-state index in [0.29, 0.717) is 45.4 Å². The highest BCUT2D eigenvalue weighted by molar-refractivity contribution is 8.18. The Morgan fingerprint density at radius 1 is 1.14 bits per heavy atom. The van der Waals surface area contributed by atoms with Gasteiger partial charge in [0.05, 0.1) is 23.1 Å². The molecule has 1 amide bonds. The van der Waals surface area contributed by atoms with Crippen molar-refractivity contribution in [2.24, 2.45) is 4.99 Å². The molecule has 2 aliphatic heterocycles. The first-order valence-electron chi connectivity index (χ1n) is 8.67. The molecule has 0 atom stereocenters. The molecule has 0 spiro atoms. The number of thioether (sulfide) groups is 1. The van der Waals surface area contributed by atoms with Gasteiger partial charge in [0, 0.05) is 13.1 Å². The van der Waals surface area contributed by atoms with Crippen molar-refractivity contribution in [1.29, 1.82) is 0 Å². The van der Waals surface area contributed by atoms with Crippen LogP contribution in [0.4, 0.5) is 4.39 Å². The minimum atomic E-state index is -0.329. The molecule has 28 heavy (non-hydrogen) atoms. The summed E-state index contributed by atoms with van der Waals surface area (Å²) in [5, 5.41) is 1.15. The standard InChI is InChI=1S/C20H16ClFN2O3S/c21-17-12-16(27-15-5-2-14(22)3-6-15)4-1-13(17)11-18-19(25)23-20(28-18)24-7-9-26-10-8-24/h1-6,11-12H,7-10H2. The number of ether oxygens (including phenoxy) is 2. The Balaban J connectivity index is 1.47. The van der Waals surface area contributed by atoms with Gasteiger partial charge in [-0.25, -0.2) is 4.39 Å². The van der Waals surface area contributed by atoms with Gasteiger partial charge in [-0.3, -0.25) is 4.79 Å². The topological polar surface area (TPSA) is 51.1 Å². The summed E-state index contributed by atoms with van der Waals surface area (Å²) in [5.41, 5.74) is 0.697. The van der Waals surface area contributed by atoms with E-state index in [1.807, 2.05) is 4.90 Å². The van der Waals surface area contributed by atoms with Gasteiger partial charge in [0.15, 0.2) is 5.17 Å². The molecule has 0 bridgehead atoms. The van der Waals surface area contributed by atoms with Crippen molar-refractivity contribution in [3.05, 3.63) is 63.8 Å². The first-order valence-corrected chi connectivity index (χ1v) is 9.86. The maximum Gasteiger partial charge on any atom is 0.286 e. The third kappa shape index (κ3) is 4.38. The Labute approximate surface area is 170 Å². The number of amides is 1. The van der Waals surface area contributed by atoms with Crippen LogP contribution in [0, 0.1) is 5.82 Å². The molecule has 2 aromatic carbocycles. The summed E-state index contributed by atoms with van der Waals surface area (Å²) in [5.74, 6) is 0.432. The maximum atomic E-state index is 13.0. The van der Waals surface area contributed by atoms with E-state index in [4.69, 9.17) is 21.1 Å². The van der Waals surface area contributed by atoms with Gasteiger partial charge in [0.2, 0.25) is 0 Å². The molecule has 1 fully saturated rings. The van der Waals surface area contributed by atoms with E-state index in [2.05, 4.69) is 4.99 Å². The molecule has 0 N–H and O–H groups in total. The molecular weight excluding hydrogens is 403 g/mol. The van der Waals surface area contributed by atoms with Crippen LogP contribution in [0.2, 0.25) is 5.02 Å². The normalized spacial score (nSPS) is 18.5. The van der Waals surface area contributed by atoms with E-state index in [1.165, 1.54) is 36.0 Å². The first kappa shape index (κ1) is 19.0.